The standard InChI is InChI=1S/C13H18NO/c1-13(2)10-6-9-12(14(13)15)11-7-4-3-5-8-11/h3-5,7-8,12H,6,9-10H2,1-2H3. The third kappa shape index (κ3) is 2.06. The molecule has 1 fully saturated rings. The molecule has 1 heterocycles. The zero-order valence-electron chi connectivity index (χ0n) is 9.44. The largest absolute Gasteiger partial charge is 0.142 e. The van der Waals surface area contributed by atoms with Crippen molar-refractivity contribution in [2.24, 2.45) is 0 Å². The summed E-state index contributed by atoms with van der Waals surface area (Å²) in [6.45, 7) is 4.07. The van der Waals surface area contributed by atoms with Crippen LogP contribution in [-0.2, 0) is 5.21 Å². The maximum absolute atomic E-state index is 12.2. The molecule has 15 heavy (non-hydrogen) atoms. The van der Waals surface area contributed by atoms with Gasteiger partial charge in [-0.2, -0.15) is 0 Å². The van der Waals surface area contributed by atoms with E-state index in [1.807, 2.05) is 32.0 Å². The Kier molecular flexibility index (Phi) is 2.81. The molecule has 81 valence electrons. The molecular weight excluding hydrogens is 186 g/mol. The average Bonchev–Trinajstić information content (AvgIpc) is 2.23. The van der Waals surface area contributed by atoms with Gasteiger partial charge in [-0.05, 0) is 38.7 Å². The lowest BCUT2D eigenvalue weighted by molar-refractivity contribution is -0.261. The Morgan fingerprint density at radius 2 is 1.93 bits per heavy atom. The minimum atomic E-state index is -0.210. The predicted octanol–water partition coefficient (Wildman–Crippen LogP) is 3.34. The van der Waals surface area contributed by atoms with E-state index in [4.69, 9.17) is 0 Å². The van der Waals surface area contributed by atoms with Gasteiger partial charge in [0.15, 0.2) is 0 Å². The molecule has 2 heteroatoms. The summed E-state index contributed by atoms with van der Waals surface area (Å²) in [5, 5.41) is 13.4. The number of hydroxylamine groups is 2. The van der Waals surface area contributed by atoms with Crippen LogP contribution in [0.25, 0.3) is 0 Å². The lowest BCUT2D eigenvalue weighted by atomic mass is 9.86. The molecule has 1 aromatic rings. The number of hydrogen-bond acceptors (Lipinski definition) is 1. The second kappa shape index (κ2) is 3.95. The van der Waals surface area contributed by atoms with Crippen molar-refractivity contribution in [3.05, 3.63) is 35.9 Å². The van der Waals surface area contributed by atoms with Crippen molar-refractivity contribution >= 4 is 0 Å². The fourth-order valence-electron chi connectivity index (χ4n) is 2.35. The molecule has 1 aromatic carbocycles. The second-order valence-electron chi connectivity index (χ2n) is 4.96. The number of benzene rings is 1. The van der Waals surface area contributed by atoms with E-state index in [1.165, 1.54) is 5.06 Å². The molecule has 1 saturated heterocycles. The third-order valence-electron chi connectivity index (χ3n) is 3.33. The molecule has 1 aliphatic heterocycles. The van der Waals surface area contributed by atoms with Crippen molar-refractivity contribution in [3.8, 4) is 0 Å². The van der Waals surface area contributed by atoms with Gasteiger partial charge in [0.05, 0.1) is 6.04 Å². The van der Waals surface area contributed by atoms with E-state index in [0.29, 0.717) is 0 Å². The van der Waals surface area contributed by atoms with Crippen LogP contribution in [0.5, 0.6) is 0 Å². The van der Waals surface area contributed by atoms with Gasteiger partial charge >= 0.3 is 0 Å². The van der Waals surface area contributed by atoms with E-state index in [0.717, 1.165) is 24.8 Å². The summed E-state index contributed by atoms with van der Waals surface area (Å²) in [6, 6.07) is 10.2. The van der Waals surface area contributed by atoms with Crippen LogP contribution < -0.4 is 0 Å². The highest BCUT2D eigenvalue weighted by atomic mass is 16.5. The van der Waals surface area contributed by atoms with Crippen LogP contribution in [0.3, 0.4) is 0 Å². The van der Waals surface area contributed by atoms with E-state index in [2.05, 4.69) is 12.1 Å². The van der Waals surface area contributed by atoms with Crippen molar-refractivity contribution in [1.82, 2.24) is 5.06 Å². The topological polar surface area (TPSA) is 23.1 Å². The summed E-state index contributed by atoms with van der Waals surface area (Å²) in [4.78, 5) is 0. The first-order valence-corrected chi connectivity index (χ1v) is 5.63. The summed E-state index contributed by atoms with van der Waals surface area (Å²) >= 11 is 0. The van der Waals surface area contributed by atoms with Crippen molar-refractivity contribution in [1.29, 1.82) is 0 Å². The van der Waals surface area contributed by atoms with Gasteiger partial charge in [-0.3, -0.25) is 0 Å². The Labute approximate surface area is 91.5 Å². The molecule has 0 spiro atoms. The highest BCUT2D eigenvalue weighted by molar-refractivity contribution is 5.19. The maximum atomic E-state index is 12.2. The van der Waals surface area contributed by atoms with E-state index in [-0.39, 0.29) is 11.6 Å². The van der Waals surface area contributed by atoms with Gasteiger partial charge < -0.3 is 0 Å². The first kappa shape index (κ1) is 10.7. The van der Waals surface area contributed by atoms with E-state index < -0.39 is 0 Å². The van der Waals surface area contributed by atoms with Crippen LogP contribution >= 0.6 is 0 Å². The van der Waals surface area contributed by atoms with Crippen LogP contribution in [0.15, 0.2) is 30.3 Å². The Morgan fingerprint density at radius 3 is 2.60 bits per heavy atom. The first-order valence-electron chi connectivity index (χ1n) is 5.63. The highest BCUT2D eigenvalue weighted by Gasteiger charge is 2.37. The fraction of sp³-hybridized carbons (Fsp3) is 0.538. The van der Waals surface area contributed by atoms with Crippen LogP contribution in [-0.4, -0.2) is 10.6 Å². The summed E-state index contributed by atoms with van der Waals surface area (Å²) in [5.74, 6) is 0. The Hall–Kier alpha value is -0.860. The number of piperidine rings is 1. The van der Waals surface area contributed by atoms with Crippen LogP contribution in [0.2, 0.25) is 0 Å². The molecule has 0 amide bonds. The molecule has 1 unspecified atom stereocenters. The molecule has 2 nitrogen and oxygen atoms in total. The van der Waals surface area contributed by atoms with Gasteiger partial charge in [0.2, 0.25) is 0 Å². The second-order valence-corrected chi connectivity index (χ2v) is 4.96. The van der Waals surface area contributed by atoms with Crippen LogP contribution in [0.1, 0.15) is 44.7 Å². The normalized spacial score (nSPS) is 26.5. The molecule has 0 saturated carbocycles. The van der Waals surface area contributed by atoms with E-state index >= 15 is 0 Å². The van der Waals surface area contributed by atoms with Crippen molar-refractivity contribution in [2.45, 2.75) is 44.7 Å². The molecule has 0 bridgehead atoms. The Bertz CT molecular complexity index is 321. The first-order chi connectivity index (χ1) is 7.11. The van der Waals surface area contributed by atoms with Gasteiger partial charge in [0.1, 0.15) is 0 Å². The molecule has 1 aliphatic rings. The van der Waals surface area contributed by atoms with Gasteiger partial charge in [-0.1, -0.05) is 30.3 Å². The number of rotatable bonds is 1. The molecular formula is C13H18NO. The SMILES string of the molecule is CC1(C)CCCC(c2ccccc2)N1[O]. The third-order valence-corrected chi connectivity index (χ3v) is 3.33. The van der Waals surface area contributed by atoms with Crippen LogP contribution in [0.4, 0.5) is 0 Å². The Balaban J connectivity index is 2.23. The monoisotopic (exact) mass is 204 g/mol. The molecule has 1 radical (unpaired) electrons. The molecule has 0 N–H and O–H groups in total. The summed E-state index contributed by atoms with van der Waals surface area (Å²) < 4.78 is 0. The Morgan fingerprint density at radius 1 is 1.27 bits per heavy atom. The fourth-order valence-corrected chi connectivity index (χ4v) is 2.35. The minimum absolute atomic E-state index is 0.0509. The van der Waals surface area contributed by atoms with Crippen molar-refractivity contribution in [2.75, 3.05) is 0 Å². The van der Waals surface area contributed by atoms with E-state index in [1.54, 1.807) is 0 Å². The smallest absolute Gasteiger partial charge is 0.0638 e. The average molecular weight is 204 g/mol. The molecule has 1 atom stereocenters. The summed E-state index contributed by atoms with van der Waals surface area (Å²) in [7, 11) is 0. The van der Waals surface area contributed by atoms with Gasteiger partial charge in [-0.15, -0.1) is 10.3 Å². The summed E-state index contributed by atoms with van der Waals surface area (Å²) in [6.07, 6.45) is 3.13. The van der Waals surface area contributed by atoms with Crippen molar-refractivity contribution < 1.29 is 5.21 Å². The summed E-state index contributed by atoms with van der Waals surface area (Å²) in [5.41, 5.74) is 0.943. The van der Waals surface area contributed by atoms with Gasteiger partial charge in [0, 0.05) is 5.54 Å². The zero-order chi connectivity index (χ0) is 10.9. The highest BCUT2D eigenvalue weighted by Crippen LogP contribution is 2.38. The predicted molar refractivity (Wildman–Crippen MR) is 59.6 cm³/mol. The molecule has 2 rings (SSSR count). The van der Waals surface area contributed by atoms with Gasteiger partial charge in [-0.25, -0.2) is 0 Å². The number of hydrogen-bond donors (Lipinski definition) is 0. The number of nitrogens with zero attached hydrogens (tertiary/aromatic N) is 1. The quantitative estimate of drug-likeness (QED) is 0.688. The maximum Gasteiger partial charge on any atom is 0.0638 e. The molecule has 0 aliphatic carbocycles. The van der Waals surface area contributed by atoms with E-state index in [9.17, 15) is 5.21 Å². The zero-order valence-corrected chi connectivity index (χ0v) is 9.44. The molecule has 0 aromatic heterocycles. The minimum Gasteiger partial charge on any atom is -0.142 e. The van der Waals surface area contributed by atoms with Crippen LogP contribution in [0, 0.1) is 0 Å². The lowest BCUT2D eigenvalue weighted by Gasteiger charge is -2.41. The lowest BCUT2D eigenvalue weighted by Crippen LogP contribution is -2.45. The van der Waals surface area contributed by atoms with Gasteiger partial charge in [0.25, 0.3) is 0 Å². The van der Waals surface area contributed by atoms with Crippen molar-refractivity contribution in [3.63, 3.8) is 0 Å².